The molecule has 0 bridgehead atoms. The van der Waals surface area contributed by atoms with Crippen LogP contribution in [-0.4, -0.2) is 40.8 Å². The Balaban J connectivity index is 1.88. The third kappa shape index (κ3) is 3.35. The van der Waals surface area contributed by atoms with Crippen molar-refractivity contribution in [3.05, 3.63) is 35.1 Å². The van der Waals surface area contributed by atoms with Crippen molar-refractivity contribution < 1.29 is 4.79 Å². The van der Waals surface area contributed by atoms with Crippen molar-refractivity contribution in [1.29, 1.82) is 0 Å². The fraction of sp³-hybridized carbons (Fsp3) is 0.375. The van der Waals surface area contributed by atoms with Crippen LogP contribution >= 0.6 is 11.8 Å². The monoisotopic (exact) mass is 331 g/mol. The Kier molecular flexibility index (Phi) is 4.58. The maximum atomic E-state index is 12.3. The van der Waals surface area contributed by atoms with Gasteiger partial charge in [0.2, 0.25) is 0 Å². The number of aryl methyl sites for hydroxylation is 1. The van der Waals surface area contributed by atoms with E-state index < -0.39 is 0 Å². The molecular weight excluding hydrogens is 310 g/mol. The summed E-state index contributed by atoms with van der Waals surface area (Å²) in [5, 5.41) is 3.97. The summed E-state index contributed by atoms with van der Waals surface area (Å²) >= 11 is 1.58. The lowest BCUT2D eigenvalue weighted by atomic mass is 10.2. The van der Waals surface area contributed by atoms with E-state index in [1.807, 2.05) is 25.4 Å². The van der Waals surface area contributed by atoms with Crippen molar-refractivity contribution in [3.8, 4) is 0 Å². The number of nitrogens with one attached hydrogen (secondary N) is 2. The number of H-pyrrole nitrogens is 1. The van der Waals surface area contributed by atoms with Crippen LogP contribution in [0.25, 0.3) is 11.0 Å². The Morgan fingerprint density at radius 2 is 2.43 bits per heavy atom. The van der Waals surface area contributed by atoms with Gasteiger partial charge < -0.3 is 20.9 Å². The van der Waals surface area contributed by atoms with Crippen LogP contribution in [-0.2, 0) is 4.79 Å². The Bertz CT molecular complexity index is 752. The minimum atomic E-state index is -0.0620. The van der Waals surface area contributed by atoms with Gasteiger partial charge in [-0.15, -0.1) is 11.8 Å². The highest BCUT2D eigenvalue weighted by Crippen LogP contribution is 2.32. The molecule has 0 spiro atoms. The van der Waals surface area contributed by atoms with Crippen molar-refractivity contribution in [2.75, 3.05) is 23.7 Å². The molecule has 23 heavy (non-hydrogen) atoms. The molecule has 0 saturated carbocycles. The van der Waals surface area contributed by atoms with E-state index in [-0.39, 0.29) is 11.9 Å². The van der Waals surface area contributed by atoms with Crippen LogP contribution < -0.4 is 16.0 Å². The first-order valence-corrected chi connectivity index (χ1v) is 8.62. The van der Waals surface area contributed by atoms with Crippen LogP contribution in [0.4, 0.5) is 5.69 Å². The summed E-state index contributed by atoms with van der Waals surface area (Å²) in [4.78, 5) is 22.6. The topological polar surface area (TPSA) is 87.0 Å². The predicted octanol–water partition coefficient (Wildman–Crippen LogP) is 1.73. The molecule has 1 amide bonds. The Morgan fingerprint density at radius 3 is 3.22 bits per heavy atom. The van der Waals surface area contributed by atoms with Gasteiger partial charge in [-0.05, 0) is 25.5 Å². The zero-order valence-corrected chi connectivity index (χ0v) is 14.1. The number of hydrogen-bond acceptors (Lipinski definition) is 5. The van der Waals surface area contributed by atoms with E-state index in [1.54, 1.807) is 18.0 Å². The van der Waals surface area contributed by atoms with E-state index in [1.165, 1.54) is 0 Å². The van der Waals surface area contributed by atoms with Gasteiger partial charge in [-0.25, -0.2) is 4.98 Å². The number of carbonyl (C=O) groups is 1. The fourth-order valence-electron chi connectivity index (χ4n) is 2.59. The fourth-order valence-corrected chi connectivity index (χ4v) is 3.50. The number of aromatic nitrogens is 2. The maximum absolute atomic E-state index is 12.3. The van der Waals surface area contributed by atoms with E-state index in [4.69, 9.17) is 5.73 Å². The Morgan fingerprint density at radius 1 is 1.61 bits per heavy atom. The lowest BCUT2D eigenvalue weighted by molar-refractivity contribution is -0.116. The number of anilines is 1. The summed E-state index contributed by atoms with van der Waals surface area (Å²) in [5.74, 6) is 0.804. The molecule has 0 saturated heterocycles. The maximum Gasteiger partial charge on any atom is 0.259 e. The summed E-state index contributed by atoms with van der Waals surface area (Å²) in [7, 11) is 0. The van der Waals surface area contributed by atoms with Gasteiger partial charge >= 0.3 is 0 Å². The number of pyridine rings is 1. The van der Waals surface area contributed by atoms with Crippen molar-refractivity contribution >= 4 is 34.4 Å². The minimum absolute atomic E-state index is 0.0495. The number of rotatable bonds is 4. The van der Waals surface area contributed by atoms with Crippen molar-refractivity contribution in [3.63, 3.8) is 0 Å². The van der Waals surface area contributed by atoms with Gasteiger partial charge in [0.25, 0.3) is 5.91 Å². The van der Waals surface area contributed by atoms with Gasteiger partial charge in [0, 0.05) is 48.9 Å². The molecule has 0 aliphatic carbocycles. The largest absolute Gasteiger partial charge is 0.350 e. The quantitative estimate of drug-likeness (QED) is 0.794. The molecule has 7 heteroatoms. The molecule has 3 rings (SSSR count). The molecule has 3 heterocycles. The lowest BCUT2D eigenvalue weighted by Gasteiger charge is -2.27. The first-order valence-electron chi connectivity index (χ1n) is 7.64. The van der Waals surface area contributed by atoms with Crippen LogP contribution in [0.15, 0.2) is 29.6 Å². The predicted molar refractivity (Wildman–Crippen MR) is 95.4 cm³/mol. The molecule has 2 aromatic rings. The van der Waals surface area contributed by atoms with Gasteiger partial charge in [0.15, 0.2) is 0 Å². The number of nitrogens with two attached hydrogens (primary N) is 1. The van der Waals surface area contributed by atoms with Crippen LogP contribution in [0.3, 0.4) is 0 Å². The summed E-state index contributed by atoms with van der Waals surface area (Å²) < 4.78 is 0. The van der Waals surface area contributed by atoms with Crippen LogP contribution in [0, 0.1) is 6.92 Å². The normalized spacial score (nSPS) is 16.3. The number of amides is 1. The van der Waals surface area contributed by atoms with Crippen LogP contribution in [0.5, 0.6) is 0 Å². The summed E-state index contributed by atoms with van der Waals surface area (Å²) in [6, 6.07) is 1.94. The van der Waals surface area contributed by atoms with Gasteiger partial charge in [0.05, 0.1) is 10.6 Å². The van der Waals surface area contributed by atoms with Gasteiger partial charge in [0.1, 0.15) is 5.65 Å². The molecular formula is C16H21N5OS. The molecule has 0 unspecified atom stereocenters. The summed E-state index contributed by atoms with van der Waals surface area (Å²) in [6.45, 7) is 5.27. The summed E-state index contributed by atoms with van der Waals surface area (Å²) in [5.41, 5.74) is 8.79. The molecule has 1 aliphatic heterocycles. The number of aromatic amines is 1. The average Bonchev–Trinajstić information content (AvgIpc) is 2.94. The molecule has 6 nitrogen and oxygen atoms in total. The molecule has 2 aromatic heterocycles. The third-order valence-corrected chi connectivity index (χ3v) is 4.72. The molecule has 0 fully saturated rings. The van der Waals surface area contributed by atoms with Crippen molar-refractivity contribution in [2.45, 2.75) is 19.9 Å². The van der Waals surface area contributed by atoms with E-state index in [9.17, 15) is 4.79 Å². The molecule has 122 valence electrons. The summed E-state index contributed by atoms with van der Waals surface area (Å²) in [6.07, 6.45) is 5.67. The Hall–Kier alpha value is -1.99. The zero-order chi connectivity index (χ0) is 16.4. The average molecular weight is 331 g/mol. The molecule has 1 aliphatic rings. The smallest absolute Gasteiger partial charge is 0.259 e. The first-order chi connectivity index (χ1) is 11.1. The van der Waals surface area contributed by atoms with E-state index in [2.05, 4.69) is 27.1 Å². The number of thioether (sulfide) groups is 1. The molecule has 0 radical (unpaired) electrons. The van der Waals surface area contributed by atoms with Gasteiger partial charge in [-0.3, -0.25) is 4.79 Å². The molecule has 0 aromatic carbocycles. The third-order valence-electron chi connectivity index (χ3n) is 3.73. The highest BCUT2D eigenvalue weighted by atomic mass is 32.2. The second kappa shape index (κ2) is 6.64. The zero-order valence-electron chi connectivity index (χ0n) is 13.3. The van der Waals surface area contributed by atoms with E-state index >= 15 is 0 Å². The van der Waals surface area contributed by atoms with E-state index in [0.29, 0.717) is 6.54 Å². The number of fused-ring (bicyclic) bond motifs is 1. The number of carbonyl (C=O) groups excluding carboxylic acids is 1. The second-order valence-electron chi connectivity index (χ2n) is 5.75. The van der Waals surface area contributed by atoms with Gasteiger partial charge in [-0.1, -0.05) is 0 Å². The van der Waals surface area contributed by atoms with Crippen molar-refractivity contribution in [2.24, 2.45) is 5.73 Å². The van der Waals surface area contributed by atoms with Crippen LogP contribution in [0.1, 0.15) is 12.5 Å². The lowest BCUT2D eigenvalue weighted by Crippen LogP contribution is -2.37. The second-order valence-corrected chi connectivity index (χ2v) is 6.88. The number of nitrogens with zero attached hydrogens (tertiary/aromatic N) is 2. The Labute approximate surface area is 139 Å². The van der Waals surface area contributed by atoms with Gasteiger partial charge in [-0.2, -0.15) is 0 Å². The molecule has 1 atom stereocenters. The number of hydrogen-bond donors (Lipinski definition) is 3. The van der Waals surface area contributed by atoms with E-state index in [0.717, 1.165) is 39.5 Å². The standard InChI is InChI=1S/C16H21N5OS/c1-10-7-19-15-14(10)12(3-4-18-15)21-5-6-23-13(9-21)16(22)20-8-11(2)17/h3-4,7,9,11H,5-6,8,17H2,1-2H3,(H,18,19)(H,20,22)/t11-/m0/s1. The highest BCUT2D eigenvalue weighted by molar-refractivity contribution is 8.04. The molecule has 4 N–H and O–H groups in total. The minimum Gasteiger partial charge on any atom is -0.350 e. The SMILES string of the molecule is Cc1c[nH]c2nccc(N3C=C(C(=O)NC[C@H](C)N)SCC3)c12. The highest BCUT2D eigenvalue weighted by Gasteiger charge is 2.20. The van der Waals surface area contributed by atoms with Crippen LogP contribution in [0.2, 0.25) is 0 Å². The van der Waals surface area contributed by atoms with Crippen molar-refractivity contribution in [1.82, 2.24) is 15.3 Å². The first kappa shape index (κ1) is 15.9.